The molecule has 0 unspecified atom stereocenters. The maximum atomic E-state index is 13.0. The van der Waals surface area contributed by atoms with Gasteiger partial charge >= 0.3 is 6.18 Å². The maximum absolute atomic E-state index is 13.0. The molecule has 0 spiro atoms. The highest BCUT2D eigenvalue weighted by atomic mass is 35.5. The molecule has 0 aliphatic heterocycles. The van der Waals surface area contributed by atoms with Gasteiger partial charge in [0, 0.05) is 17.5 Å². The second kappa shape index (κ2) is 6.92. The van der Waals surface area contributed by atoms with Crippen LogP contribution in [0.25, 0.3) is 33.5 Å². The lowest BCUT2D eigenvalue weighted by Crippen LogP contribution is -2.09. The molecule has 4 aromatic rings. The first kappa shape index (κ1) is 20.5. The Morgan fingerprint density at radius 3 is 2.50 bits per heavy atom. The first-order valence-corrected chi connectivity index (χ1v) is 10.8. The molecular formula is C19H14ClF3N4O2S. The van der Waals surface area contributed by atoms with Crippen LogP contribution in [0.4, 0.5) is 13.2 Å². The second-order valence-corrected chi connectivity index (χ2v) is 9.31. The van der Waals surface area contributed by atoms with Crippen molar-refractivity contribution < 1.29 is 21.6 Å². The van der Waals surface area contributed by atoms with E-state index in [4.69, 9.17) is 11.6 Å². The first-order chi connectivity index (χ1) is 14.0. The summed E-state index contributed by atoms with van der Waals surface area (Å²) in [4.78, 5) is 12.1. The maximum Gasteiger partial charge on any atom is 0.433 e. The Balaban J connectivity index is 2.05. The quantitative estimate of drug-likeness (QED) is 0.450. The topological polar surface area (TPSA) is 77.7 Å². The number of fused-ring (bicyclic) bond motifs is 2. The van der Waals surface area contributed by atoms with Gasteiger partial charge in [-0.3, -0.25) is 0 Å². The van der Waals surface area contributed by atoms with E-state index < -0.39 is 21.7 Å². The summed E-state index contributed by atoms with van der Waals surface area (Å²) in [6.45, 7) is 1.50. The summed E-state index contributed by atoms with van der Waals surface area (Å²) in [7, 11) is -2.16. The molecular weight excluding hydrogens is 441 g/mol. The minimum atomic E-state index is -4.62. The smallest absolute Gasteiger partial charge is 0.324 e. The van der Waals surface area contributed by atoms with E-state index in [0.717, 1.165) is 12.3 Å². The van der Waals surface area contributed by atoms with Crippen molar-refractivity contribution in [3.63, 3.8) is 0 Å². The van der Waals surface area contributed by atoms with E-state index >= 15 is 0 Å². The van der Waals surface area contributed by atoms with Crippen LogP contribution in [0.2, 0.25) is 5.02 Å². The number of sulfone groups is 1. The Labute approximate surface area is 174 Å². The van der Waals surface area contributed by atoms with Gasteiger partial charge in [0.15, 0.2) is 15.7 Å². The standard InChI is InChI=1S/C19H14ClF3N4O2S/c1-3-30(28,29)15-7-10-6-11(20)4-5-12(10)25-17(15)18-26-13-8-16(19(21,22)23)24-9-14(13)27(18)2/h4-9H,3H2,1-2H3. The van der Waals surface area contributed by atoms with Gasteiger partial charge in [-0.2, -0.15) is 13.2 Å². The minimum absolute atomic E-state index is 0.0349. The van der Waals surface area contributed by atoms with Crippen LogP contribution in [0.3, 0.4) is 0 Å². The van der Waals surface area contributed by atoms with Gasteiger partial charge in [0.2, 0.25) is 0 Å². The van der Waals surface area contributed by atoms with Gasteiger partial charge in [-0.25, -0.2) is 23.4 Å². The number of aryl methyl sites for hydroxylation is 1. The van der Waals surface area contributed by atoms with E-state index in [-0.39, 0.29) is 27.7 Å². The summed E-state index contributed by atoms with van der Waals surface area (Å²) < 4.78 is 66.1. The lowest BCUT2D eigenvalue weighted by Gasteiger charge is -2.11. The molecule has 3 heterocycles. The minimum Gasteiger partial charge on any atom is -0.324 e. The fourth-order valence-corrected chi connectivity index (χ4v) is 4.37. The summed E-state index contributed by atoms with van der Waals surface area (Å²) in [5, 5.41) is 0.948. The summed E-state index contributed by atoms with van der Waals surface area (Å²) in [6.07, 6.45) is -3.56. The largest absolute Gasteiger partial charge is 0.433 e. The molecule has 3 aromatic heterocycles. The van der Waals surface area contributed by atoms with Crippen molar-refractivity contribution in [2.75, 3.05) is 5.75 Å². The van der Waals surface area contributed by atoms with Gasteiger partial charge in [0.1, 0.15) is 11.4 Å². The number of halogens is 4. The monoisotopic (exact) mass is 454 g/mol. The highest BCUT2D eigenvalue weighted by Crippen LogP contribution is 2.34. The molecule has 0 aliphatic rings. The fourth-order valence-electron chi connectivity index (χ4n) is 3.14. The molecule has 156 valence electrons. The predicted octanol–water partition coefficient (Wildman–Crippen LogP) is 4.65. The zero-order chi connectivity index (χ0) is 21.8. The van der Waals surface area contributed by atoms with E-state index in [2.05, 4.69) is 15.0 Å². The SMILES string of the molecule is CCS(=O)(=O)c1cc2cc(Cl)ccc2nc1-c1nc2cc(C(F)(F)F)ncc2n1C. The molecule has 1 aromatic carbocycles. The Morgan fingerprint density at radius 1 is 1.10 bits per heavy atom. The third-order valence-corrected chi connectivity index (χ3v) is 6.70. The molecule has 0 bridgehead atoms. The lowest BCUT2D eigenvalue weighted by molar-refractivity contribution is -0.141. The van der Waals surface area contributed by atoms with Crippen molar-refractivity contribution in [1.82, 2.24) is 19.5 Å². The van der Waals surface area contributed by atoms with E-state index in [1.807, 2.05) is 0 Å². The van der Waals surface area contributed by atoms with Crippen molar-refractivity contribution in [1.29, 1.82) is 0 Å². The lowest BCUT2D eigenvalue weighted by atomic mass is 10.2. The second-order valence-electron chi connectivity index (χ2n) is 6.63. The summed E-state index contributed by atoms with van der Waals surface area (Å²) in [6, 6.07) is 7.13. The molecule has 11 heteroatoms. The zero-order valence-corrected chi connectivity index (χ0v) is 17.3. The third kappa shape index (κ3) is 3.39. The van der Waals surface area contributed by atoms with Crippen molar-refractivity contribution >= 4 is 43.4 Å². The number of alkyl halides is 3. The molecule has 0 amide bonds. The highest BCUT2D eigenvalue weighted by molar-refractivity contribution is 7.91. The van der Waals surface area contributed by atoms with E-state index in [1.165, 1.54) is 17.6 Å². The van der Waals surface area contributed by atoms with Crippen LogP contribution in [-0.4, -0.2) is 33.7 Å². The molecule has 0 atom stereocenters. The molecule has 0 radical (unpaired) electrons. The first-order valence-electron chi connectivity index (χ1n) is 8.74. The molecule has 0 saturated carbocycles. The number of nitrogens with zero attached hydrogens (tertiary/aromatic N) is 4. The van der Waals surface area contributed by atoms with Gasteiger partial charge in [-0.05, 0) is 30.3 Å². The van der Waals surface area contributed by atoms with Crippen LogP contribution in [0, 0.1) is 0 Å². The van der Waals surface area contributed by atoms with Crippen LogP contribution in [0.1, 0.15) is 12.6 Å². The summed E-state index contributed by atoms with van der Waals surface area (Å²) in [5.74, 6) is -0.0627. The number of aromatic nitrogens is 4. The van der Waals surface area contributed by atoms with Crippen LogP contribution >= 0.6 is 11.6 Å². The molecule has 0 fully saturated rings. The van der Waals surface area contributed by atoms with E-state index in [9.17, 15) is 21.6 Å². The number of hydrogen-bond donors (Lipinski definition) is 0. The van der Waals surface area contributed by atoms with Crippen LogP contribution < -0.4 is 0 Å². The van der Waals surface area contributed by atoms with Crippen molar-refractivity contribution in [2.45, 2.75) is 18.0 Å². The number of pyridine rings is 2. The van der Waals surface area contributed by atoms with Gasteiger partial charge in [0.05, 0.1) is 33.4 Å². The predicted molar refractivity (Wildman–Crippen MR) is 107 cm³/mol. The highest BCUT2D eigenvalue weighted by Gasteiger charge is 2.33. The van der Waals surface area contributed by atoms with Crippen LogP contribution in [-0.2, 0) is 23.1 Å². The number of benzene rings is 1. The van der Waals surface area contributed by atoms with Crippen LogP contribution in [0.5, 0.6) is 0 Å². The van der Waals surface area contributed by atoms with Crippen molar-refractivity contribution in [3.05, 3.63) is 47.2 Å². The van der Waals surface area contributed by atoms with Gasteiger partial charge in [-0.15, -0.1) is 0 Å². The zero-order valence-electron chi connectivity index (χ0n) is 15.7. The molecule has 4 rings (SSSR count). The molecule has 0 saturated heterocycles. The Bertz CT molecular complexity index is 1420. The van der Waals surface area contributed by atoms with Crippen LogP contribution in [0.15, 0.2) is 41.4 Å². The fraction of sp³-hybridized carbons (Fsp3) is 0.211. The normalized spacial score (nSPS) is 12.7. The summed E-state index contributed by atoms with van der Waals surface area (Å²) >= 11 is 6.01. The van der Waals surface area contributed by atoms with Gasteiger partial charge < -0.3 is 4.57 Å². The van der Waals surface area contributed by atoms with Crippen molar-refractivity contribution in [3.8, 4) is 11.5 Å². The number of hydrogen-bond acceptors (Lipinski definition) is 5. The van der Waals surface area contributed by atoms with Gasteiger partial charge in [0.25, 0.3) is 0 Å². The third-order valence-electron chi connectivity index (χ3n) is 4.73. The Hall–Kier alpha value is -2.72. The van der Waals surface area contributed by atoms with E-state index in [1.54, 1.807) is 25.2 Å². The molecule has 6 nitrogen and oxygen atoms in total. The molecule has 0 N–H and O–H groups in total. The number of rotatable bonds is 3. The number of imidazole rings is 1. The average molecular weight is 455 g/mol. The van der Waals surface area contributed by atoms with E-state index in [0.29, 0.717) is 21.4 Å². The Kier molecular flexibility index (Phi) is 4.74. The molecule has 30 heavy (non-hydrogen) atoms. The van der Waals surface area contributed by atoms with Gasteiger partial charge in [-0.1, -0.05) is 18.5 Å². The Morgan fingerprint density at radius 2 is 1.83 bits per heavy atom. The van der Waals surface area contributed by atoms with Crippen molar-refractivity contribution in [2.24, 2.45) is 7.05 Å². The summed E-state index contributed by atoms with van der Waals surface area (Å²) in [5.41, 5.74) is -0.199. The molecule has 0 aliphatic carbocycles. The average Bonchev–Trinajstić information content (AvgIpc) is 3.02.